The minimum atomic E-state index is 0.309. The Kier molecular flexibility index (Phi) is 9.19. The summed E-state index contributed by atoms with van der Waals surface area (Å²) in [5, 5.41) is 9.26. The number of anilines is 3. The molecule has 5 rings (SSSR count). The minimum Gasteiger partial charge on any atom is -0.493 e. The van der Waals surface area contributed by atoms with Crippen molar-refractivity contribution in [2.75, 3.05) is 57.6 Å². The Bertz CT molecular complexity index is 1020. The molecule has 9 heteroatoms. The van der Waals surface area contributed by atoms with Crippen LogP contribution in [-0.4, -0.2) is 78.4 Å². The zero-order valence-electron chi connectivity index (χ0n) is 23.2. The van der Waals surface area contributed by atoms with Crippen LogP contribution in [0.25, 0.3) is 0 Å². The highest BCUT2D eigenvalue weighted by molar-refractivity contribution is 5.60. The Morgan fingerprint density at radius 2 is 1.87 bits per heavy atom. The Morgan fingerprint density at radius 1 is 1.05 bits per heavy atom. The van der Waals surface area contributed by atoms with Gasteiger partial charge < -0.3 is 25.0 Å². The molecule has 1 spiro atoms. The van der Waals surface area contributed by atoms with Gasteiger partial charge in [-0.1, -0.05) is 25.7 Å². The Balaban J connectivity index is 1.14. The van der Waals surface area contributed by atoms with E-state index in [4.69, 9.17) is 14.5 Å². The van der Waals surface area contributed by atoms with Gasteiger partial charge in [0.2, 0.25) is 5.95 Å². The fraction of sp³-hybridized carbons (Fsp3) is 0.655. The topological polar surface area (TPSA) is 86.8 Å². The number of nitrogens with zero attached hydrogens (tertiary/aromatic N) is 4. The number of methoxy groups -OCH3 is 1. The molecule has 38 heavy (non-hydrogen) atoms. The van der Waals surface area contributed by atoms with E-state index in [0.717, 1.165) is 42.5 Å². The van der Waals surface area contributed by atoms with Crippen molar-refractivity contribution in [1.29, 1.82) is 0 Å². The lowest BCUT2D eigenvalue weighted by molar-refractivity contribution is 0.107. The summed E-state index contributed by atoms with van der Waals surface area (Å²) in [6.45, 7) is 5.01. The number of likely N-dealkylation sites (tertiary alicyclic amines) is 1. The third kappa shape index (κ3) is 6.87. The van der Waals surface area contributed by atoms with E-state index in [1.807, 2.05) is 24.3 Å². The minimum absolute atomic E-state index is 0.309. The van der Waals surface area contributed by atoms with Crippen molar-refractivity contribution < 1.29 is 9.47 Å². The third-order valence-corrected chi connectivity index (χ3v) is 8.43. The number of aromatic nitrogens is 2. The van der Waals surface area contributed by atoms with Gasteiger partial charge in [0.25, 0.3) is 0 Å². The maximum Gasteiger partial charge on any atom is 0.229 e. The highest BCUT2D eigenvalue weighted by atomic mass is 16.5. The summed E-state index contributed by atoms with van der Waals surface area (Å²) in [6, 6.07) is 8.17. The van der Waals surface area contributed by atoms with Crippen LogP contribution in [0.1, 0.15) is 64.2 Å². The first-order valence-corrected chi connectivity index (χ1v) is 14.5. The molecule has 1 saturated carbocycles. The zero-order chi connectivity index (χ0) is 26.2. The highest BCUT2D eigenvalue weighted by Gasteiger charge is 2.43. The second kappa shape index (κ2) is 13.0. The standard InChI is InChI=1S/C29H45N7O2/c1-35-29(13-5-3-4-6-14-29)21-24(34-35)22-31-27-12-15-30-28(33-27)32-23-10-11-25(37-2)26(20-23)38-19-9-18-36-16-7-8-17-36/h10-12,15,20,24,34H,3-9,13-14,16-19,21-22H2,1-2H3,(H2,30,31,32,33). The molecule has 3 fully saturated rings. The van der Waals surface area contributed by atoms with Crippen molar-refractivity contribution in [2.45, 2.75) is 75.8 Å². The molecule has 208 valence electrons. The van der Waals surface area contributed by atoms with Crippen molar-refractivity contribution in [1.82, 2.24) is 25.3 Å². The smallest absolute Gasteiger partial charge is 0.229 e. The Labute approximate surface area is 227 Å². The van der Waals surface area contributed by atoms with Gasteiger partial charge in [0.05, 0.1) is 13.7 Å². The second-order valence-corrected chi connectivity index (χ2v) is 11.1. The lowest BCUT2D eigenvalue weighted by Gasteiger charge is -2.34. The molecule has 1 aliphatic carbocycles. The molecule has 9 nitrogen and oxygen atoms in total. The molecule has 3 heterocycles. The maximum absolute atomic E-state index is 6.09. The molecule has 2 aromatic rings. The summed E-state index contributed by atoms with van der Waals surface area (Å²) in [5.41, 5.74) is 4.88. The molecule has 0 amide bonds. The molecule has 3 N–H and O–H groups in total. The summed E-state index contributed by atoms with van der Waals surface area (Å²) in [5.74, 6) is 2.84. The van der Waals surface area contributed by atoms with Crippen molar-refractivity contribution >= 4 is 17.5 Å². The first-order chi connectivity index (χ1) is 18.6. The number of hydrogen-bond donors (Lipinski definition) is 3. The number of hydrazine groups is 1. The summed E-state index contributed by atoms with van der Waals surface area (Å²) in [6.07, 6.45) is 14.6. The van der Waals surface area contributed by atoms with Crippen molar-refractivity contribution in [3.05, 3.63) is 30.5 Å². The molecule has 1 aromatic heterocycles. The molecule has 2 aliphatic heterocycles. The first kappa shape index (κ1) is 27.0. The van der Waals surface area contributed by atoms with Crippen LogP contribution in [0.5, 0.6) is 11.5 Å². The number of nitrogens with one attached hydrogen (secondary N) is 3. The molecule has 2 saturated heterocycles. The van der Waals surface area contributed by atoms with Crippen LogP contribution in [0.3, 0.4) is 0 Å². The SMILES string of the molecule is COc1ccc(Nc2nccc(NCC3CC4(CCCCCC4)N(C)N3)n2)cc1OCCCN1CCCC1. The zero-order valence-corrected chi connectivity index (χ0v) is 23.2. The van der Waals surface area contributed by atoms with Crippen LogP contribution in [0, 0.1) is 0 Å². The molecule has 1 unspecified atom stereocenters. The average Bonchev–Trinajstić information content (AvgIpc) is 3.48. The van der Waals surface area contributed by atoms with E-state index in [9.17, 15) is 0 Å². The first-order valence-electron chi connectivity index (χ1n) is 14.5. The monoisotopic (exact) mass is 523 g/mol. The number of hydrogen-bond acceptors (Lipinski definition) is 9. The van der Waals surface area contributed by atoms with E-state index >= 15 is 0 Å². The van der Waals surface area contributed by atoms with E-state index in [0.29, 0.717) is 24.1 Å². The van der Waals surface area contributed by atoms with Gasteiger partial charge in [-0.15, -0.1) is 0 Å². The summed E-state index contributed by atoms with van der Waals surface area (Å²) < 4.78 is 11.6. The van der Waals surface area contributed by atoms with Crippen LogP contribution < -0.4 is 25.5 Å². The van der Waals surface area contributed by atoms with E-state index in [1.54, 1.807) is 13.3 Å². The van der Waals surface area contributed by atoms with Gasteiger partial charge >= 0.3 is 0 Å². The van der Waals surface area contributed by atoms with Crippen molar-refractivity contribution in [3.63, 3.8) is 0 Å². The van der Waals surface area contributed by atoms with E-state index < -0.39 is 0 Å². The molecular formula is C29H45N7O2. The second-order valence-electron chi connectivity index (χ2n) is 11.1. The van der Waals surface area contributed by atoms with Crippen molar-refractivity contribution in [3.8, 4) is 11.5 Å². The Morgan fingerprint density at radius 3 is 2.66 bits per heavy atom. The van der Waals surface area contributed by atoms with E-state index in [1.165, 1.54) is 70.9 Å². The molecule has 0 bridgehead atoms. The summed E-state index contributed by atoms with van der Waals surface area (Å²) in [7, 11) is 3.89. The molecular weight excluding hydrogens is 478 g/mol. The molecule has 3 aliphatic rings. The van der Waals surface area contributed by atoms with Gasteiger partial charge in [-0.25, -0.2) is 9.99 Å². The van der Waals surface area contributed by atoms with Crippen LogP contribution >= 0.6 is 0 Å². The largest absolute Gasteiger partial charge is 0.493 e. The predicted octanol–water partition coefficient (Wildman–Crippen LogP) is 4.81. The van der Waals surface area contributed by atoms with Crippen LogP contribution in [0.4, 0.5) is 17.5 Å². The fourth-order valence-electron chi connectivity index (χ4n) is 6.31. The van der Waals surface area contributed by atoms with E-state index in [-0.39, 0.29) is 0 Å². The number of ether oxygens (including phenoxy) is 2. The van der Waals surface area contributed by atoms with Crippen LogP contribution in [0.15, 0.2) is 30.5 Å². The van der Waals surface area contributed by atoms with Gasteiger partial charge in [-0.05, 0) is 69.8 Å². The quantitative estimate of drug-likeness (QED) is 0.359. The van der Waals surface area contributed by atoms with Gasteiger partial charge in [-0.3, -0.25) is 5.43 Å². The number of rotatable bonds is 11. The normalized spacial score (nSPS) is 21.9. The maximum atomic E-state index is 6.09. The fourth-order valence-corrected chi connectivity index (χ4v) is 6.31. The van der Waals surface area contributed by atoms with Gasteiger partial charge in [0.1, 0.15) is 5.82 Å². The Hall–Kier alpha value is -2.62. The third-order valence-electron chi connectivity index (χ3n) is 8.43. The van der Waals surface area contributed by atoms with Crippen LogP contribution in [-0.2, 0) is 0 Å². The molecule has 1 atom stereocenters. The lowest BCUT2D eigenvalue weighted by atomic mass is 9.85. The van der Waals surface area contributed by atoms with Gasteiger partial charge in [-0.2, -0.15) is 4.98 Å². The van der Waals surface area contributed by atoms with E-state index in [2.05, 4.69) is 38.0 Å². The summed E-state index contributed by atoms with van der Waals surface area (Å²) in [4.78, 5) is 11.6. The van der Waals surface area contributed by atoms with Crippen LogP contribution in [0.2, 0.25) is 0 Å². The molecule has 0 radical (unpaired) electrons. The molecule has 1 aromatic carbocycles. The van der Waals surface area contributed by atoms with Crippen molar-refractivity contribution in [2.24, 2.45) is 0 Å². The highest BCUT2D eigenvalue weighted by Crippen LogP contribution is 2.38. The lowest BCUT2D eigenvalue weighted by Crippen LogP contribution is -2.45. The number of benzene rings is 1. The van der Waals surface area contributed by atoms with Gasteiger partial charge in [0, 0.05) is 49.7 Å². The van der Waals surface area contributed by atoms with Gasteiger partial charge in [0.15, 0.2) is 11.5 Å². The average molecular weight is 524 g/mol. The predicted molar refractivity (Wildman–Crippen MR) is 152 cm³/mol. The summed E-state index contributed by atoms with van der Waals surface area (Å²) >= 11 is 0.